The second-order valence-corrected chi connectivity index (χ2v) is 5.76. The molecule has 26 heavy (non-hydrogen) atoms. The molecule has 8 nitrogen and oxygen atoms in total. The summed E-state index contributed by atoms with van der Waals surface area (Å²) in [6.07, 6.45) is 0. The monoisotopic (exact) mass is 357 g/mol. The Labute approximate surface area is 150 Å². The first-order valence-corrected chi connectivity index (χ1v) is 8.19. The third-order valence-corrected chi connectivity index (χ3v) is 4.10. The van der Waals surface area contributed by atoms with E-state index < -0.39 is 4.92 Å². The molecule has 2 aromatic carbocycles. The average molecular weight is 357 g/mol. The second kappa shape index (κ2) is 7.83. The average Bonchev–Trinajstić information content (AvgIpc) is 2.69. The number of carbonyl (C=O) groups excluding carboxylic acids is 1. The highest BCUT2D eigenvalue weighted by Crippen LogP contribution is 2.30. The molecule has 0 aliphatic carbocycles. The molecule has 1 fully saturated rings. The molecule has 1 aliphatic rings. The molecule has 0 aromatic heterocycles. The number of nitro groups is 1. The summed E-state index contributed by atoms with van der Waals surface area (Å²) in [5.74, 6) is 1.19. The van der Waals surface area contributed by atoms with E-state index in [1.807, 2.05) is 0 Å². The molecule has 0 spiro atoms. The van der Waals surface area contributed by atoms with Crippen LogP contribution in [0.25, 0.3) is 0 Å². The van der Waals surface area contributed by atoms with Crippen molar-refractivity contribution in [2.75, 3.05) is 33.3 Å². The van der Waals surface area contributed by atoms with E-state index in [9.17, 15) is 14.9 Å². The molecular formula is C18H19N3O5. The topological polar surface area (TPSA) is 93.9 Å². The van der Waals surface area contributed by atoms with Crippen molar-refractivity contribution in [2.24, 2.45) is 0 Å². The lowest BCUT2D eigenvalue weighted by molar-refractivity contribution is -0.384. The zero-order chi connectivity index (χ0) is 18.5. The molecule has 0 bridgehead atoms. The summed E-state index contributed by atoms with van der Waals surface area (Å²) in [5.41, 5.74) is 0.0301. The van der Waals surface area contributed by atoms with Gasteiger partial charge in [-0.3, -0.25) is 14.9 Å². The summed E-state index contributed by atoms with van der Waals surface area (Å²) in [4.78, 5) is 25.1. The molecule has 136 valence electrons. The predicted octanol–water partition coefficient (Wildman–Crippen LogP) is 2.44. The van der Waals surface area contributed by atoms with Crippen LogP contribution in [0.15, 0.2) is 42.5 Å². The number of rotatable bonds is 5. The Hall–Kier alpha value is -3.13. The van der Waals surface area contributed by atoms with Gasteiger partial charge >= 0.3 is 0 Å². The lowest BCUT2D eigenvalue weighted by Gasteiger charge is -2.28. The van der Waals surface area contributed by atoms with Crippen molar-refractivity contribution in [3.8, 4) is 17.2 Å². The maximum absolute atomic E-state index is 12.9. The fourth-order valence-corrected chi connectivity index (χ4v) is 2.70. The van der Waals surface area contributed by atoms with Gasteiger partial charge in [-0.05, 0) is 30.3 Å². The summed E-state index contributed by atoms with van der Waals surface area (Å²) in [6.45, 7) is 2.47. The highest BCUT2D eigenvalue weighted by molar-refractivity contribution is 5.97. The van der Waals surface area contributed by atoms with Crippen LogP contribution in [0, 0.1) is 10.1 Å². The standard InChI is InChI=1S/C18H19N3O5/c1-25-14-3-5-15(6-4-14)26-17-7-2-13(21(23)24)12-16(17)18(22)20-10-8-19-9-11-20/h2-7,12,19H,8-11H2,1H3. The largest absolute Gasteiger partial charge is 0.497 e. The molecule has 0 unspecified atom stereocenters. The van der Waals surface area contributed by atoms with Crippen LogP contribution < -0.4 is 14.8 Å². The number of carbonyl (C=O) groups is 1. The van der Waals surface area contributed by atoms with Gasteiger partial charge in [-0.25, -0.2) is 0 Å². The molecule has 1 saturated heterocycles. The second-order valence-electron chi connectivity index (χ2n) is 5.76. The van der Waals surface area contributed by atoms with Gasteiger partial charge in [0.25, 0.3) is 11.6 Å². The van der Waals surface area contributed by atoms with Gasteiger partial charge in [0.2, 0.25) is 0 Å². The van der Waals surface area contributed by atoms with Gasteiger partial charge in [-0.2, -0.15) is 0 Å². The van der Waals surface area contributed by atoms with Gasteiger partial charge in [0.1, 0.15) is 17.2 Å². The first kappa shape index (κ1) is 17.7. The number of non-ortho nitro benzene ring substituents is 1. The molecule has 8 heteroatoms. The Morgan fingerprint density at radius 3 is 2.38 bits per heavy atom. The van der Waals surface area contributed by atoms with Crippen LogP contribution in [0.3, 0.4) is 0 Å². The van der Waals surface area contributed by atoms with Gasteiger partial charge < -0.3 is 19.7 Å². The highest BCUT2D eigenvalue weighted by atomic mass is 16.6. The zero-order valence-corrected chi connectivity index (χ0v) is 14.3. The summed E-state index contributed by atoms with van der Waals surface area (Å²) >= 11 is 0. The molecule has 1 N–H and O–H groups in total. The van der Waals surface area contributed by atoms with Crippen molar-refractivity contribution in [3.63, 3.8) is 0 Å². The maximum Gasteiger partial charge on any atom is 0.270 e. The van der Waals surface area contributed by atoms with Crippen molar-refractivity contribution in [1.29, 1.82) is 0 Å². The third-order valence-electron chi connectivity index (χ3n) is 4.10. The number of piperazine rings is 1. The van der Waals surface area contributed by atoms with Gasteiger partial charge in [-0.15, -0.1) is 0 Å². The first-order valence-electron chi connectivity index (χ1n) is 8.19. The number of hydrogen-bond donors (Lipinski definition) is 1. The molecule has 1 heterocycles. The molecule has 0 radical (unpaired) electrons. The number of benzene rings is 2. The van der Waals surface area contributed by atoms with Crippen molar-refractivity contribution in [3.05, 3.63) is 58.1 Å². The van der Waals surface area contributed by atoms with Gasteiger partial charge in [-0.1, -0.05) is 0 Å². The number of ether oxygens (including phenoxy) is 2. The first-order chi connectivity index (χ1) is 12.6. The number of methoxy groups -OCH3 is 1. The number of nitro benzene ring substituents is 1. The van der Waals surface area contributed by atoms with Gasteiger partial charge in [0.15, 0.2) is 0 Å². The molecular weight excluding hydrogens is 338 g/mol. The van der Waals surface area contributed by atoms with E-state index in [0.717, 1.165) is 0 Å². The number of amides is 1. The van der Waals surface area contributed by atoms with Crippen molar-refractivity contribution in [2.45, 2.75) is 0 Å². The summed E-state index contributed by atoms with van der Waals surface area (Å²) in [7, 11) is 1.57. The van der Waals surface area contributed by atoms with E-state index in [2.05, 4.69) is 5.32 Å². The van der Waals surface area contributed by atoms with E-state index in [1.54, 1.807) is 36.3 Å². The Balaban J connectivity index is 1.92. The Morgan fingerprint density at radius 2 is 1.77 bits per heavy atom. The van der Waals surface area contributed by atoms with E-state index in [1.165, 1.54) is 18.2 Å². The van der Waals surface area contributed by atoms with Crippen LogP contribution in [0.2, 0.25) is 0 Å². The number of nitrogens with zero attached hydrogens (tertiary/aromatic N) is 2. The van der Waals surface area contributed by atoms with Crippen molar-refractivity contribution in [1.82, 2.24) is 10.2 Å². The van der Waals surface area contributed by atoms with E-state index in [4.69, 9.17) is 9.47 Å². The SMILES string of the molecule is COc1ccc(Oc2ccc([N+](=O)[O-])cc2C(=O)N2CCNCC2)cc1. The zero-order valence-electron chi connectivity index (χ0n) is 14.3. The van der Waals surface area contributed by atoms with Crippen LogP contribution in [0.5, 0.6) is 17.2 Å². The Kier molecular flexibility index (Phi) is 5.33. The number of hydrogen-bond acceptors (Lipinski definition) is 6. The summed E-state index contributed by atoms with van der Waals surface area (Å²) in [6, 6.07) is 10.9. The molecule has 0 atom stereocenters. The van der Waals surface area contributed by atoms with Crippen LogP contribution in [0.1, 0.15) is 10.4 Å². The Morgan fingerprint density at radius 1 is 1.12 bits per heavy atom. The fraction of sp³-hybridized carbons (Fsp3) is 0.278. The van der Waals surface area contributed by atoms with Crippen molar-refractivity contribution >= 4 is 11.6 Å². The fourth-order valence-electron chi connectivity index (χ4n) is 2.70. The smallest absolute Gasteiger partial charge is 0.270 e. The minimum atomic E-state index is -0.522. The minimum absolute atomic E-state index is 0.148. The third kappa shape index (κ3) is 3.92. The number of nitrogens with one attached hydrogen (secondary N) is 1. The lowest BCUT2D eigenvalue weighted by Crippen LogP contribution is -2.46. The maximum atomic E-state index is 12.9. The quantitative estimate of drug-likeness (QED) is 0.652. The van der Waals surface area contributed by atoms with E-state index >= 15 is 0 Å². The van der Waals surface area contributed by atoms with Crippen LogP contribution in [-0.4, -0.2) is 49.0 Å². The normalized spacial score (nSPS) is 14.0. The van der Waals surface area contributed by atoms with Crippen molar-refractivity contribution < 1.29 is 19.2 Å². The molecule has 2 aromatic rings. The predicted molar refractivity (Wildman–Crippen MR) is 94.9 cm³/mol. The summed E-state index contributed by atoms with van der Waals surface area (Å²) < 4.78 is 10.9. The highest BCUT2D eigenvalue weighted by Gasteiger charge is 2.24. The van der Waals surface area contributed by atoms with Crippen LogP contribution in [-0.2, 0) is 0 Å². The molecule has 1 aliphatic heterocycles. The van der Waals surface area contributed by atoms with Crippen LogP contribution in [0.4, 0.5) is 5.69 Å². The minimum Gasteiger partial charge on any atom is -0.497 e. The Bertz CT molecular complexity index is 801. The lowest BCUT2D eigenvalue weighted by atomic mass is 10.1. The molecule has 1 amide bonds. The van der Waals surface area contributed by atoms with Crippen LogP contribution >= 0.6 is 0 Å². The summed E-state index contributed by atoms with van der Waals surface area (Å²) in [5, 5.41) is 14.3. The van der Waals surface area contributed by atoms with E-state index in [0.29, 0.717) is 37.7 Å². The molecule has 3 rings (SSSR count). The molecule has 0 saturated carbocycles. The van der Waals surface area contributed by atoms with Gasteiger partial charge in [0, 0.05) is 38.3 Å². The van der Waals surface area contributed by atoms with Gasteiger partial charge in [0.05, 0.1) is 17.6 Å². The van der Waals surface area contributed by atoms with E-state index in [-0.39, 0.29) is 22.9 Å².